The normalized spacial score (nSPS) is 11.0. The Labute approximate surface area is 215 Å². The molecule has 0 radical (unpaired) electrons. The maximum Gasteiger partial charge on any atom is 0.412 e. The van der Waals surface area contributed by atoms with Crippen LogP contribution in [0, 0.1) is 5.41 Å². The lowest BCUT2D eigenvalue weighted by atomic mass is 10.2. The molecule has 0 aliphatic carbocycles. The smallest absolute Gasteiger partial charge is 0.412 e. The summed E-state index contributed by atoms with van der Waals surface area (Å²) >= 11 is 0. The molecule has 0 aliphatic rings. The number of aromatic nitrogens is 2. The van der Waals surface area contributed by atoms with E-state index in [0.717, 1.165) is 6.21 Å². The van der Waals surface area contributed by atoms with Gasteiger partial charge in [-0.15, -0.1) is 0 Å². The molecule has 1 heterocycles. The lowest BCUT2D eigenvalue weighted by Gasteiger charge is -2.20. The fourth-order valence-corrected chi connectivity index (χ4v) is 3.15. The number of carbonyl (C=O) groups excluding carboxylic acids is 2. The Bertz CT molecular complexity index is 1270. The van der Waals surface area contributed by atoms with Crippen LogP contribution in [0.3, 0.4) is 0 Å². The lowest BCUT2D eigenvalue weighted by Crippen LogP contribution is -2.34. The van der Waals surface area contributed by atoms with Crippen LogP contribution in [-0.2, 0) is 9.53 Å². The molecular formula is C27H31N5O5. The highest BCUT2D eigenvalue weighted by Gasteiger charge is 2.17. The van der Waals surface area contributed by atoms with Crippen molar-refractivity contribution < 1.29 is 23.8 Å². The van der Waals surface area contributed by atoms with Gasteiger partial charge in [0.25, 0.3) is 5.91 Å². The standard InChI is InChI=1S/C27H31N5O5/c1-17(2)30-23(33)16-35-20-8-6-7-18(13-20)25-29-12-11-24(32-25)36-21-9-10-22(19(14-21)15-28)31-26(34)37-27(3,4)5/h6-15,17,28H,16H2,1-5H3,(H,30,33)(H,31,34). The van der Waals surface area contributed by atoms with E-state index in [-0.39, 0.29) is 24.4 Å². The second kappa shape index (κ2) is 12.0. The molecule has 37 heavy (non-hydrogen) atoms. The zero-order valence-electron chi connectivity index (χ0n) is 21.5. The van der Waals surface area contributed by atoms with Crippen LogP contribution in [0.4, 0.5) is 10.5 Å². The highest BCUT2D eigenvalue weighted by Crippen LogP contribution is 2.27. The first-order chi connectivity index (χ1) is 17.5. The minimum atomic E-state index is -0.642. The van der Waals surface area contributed by atoms with Crippen LogP contribution in [-0.4, -0.2) is 46.4 Å². The predicted molar refractivity (Wildman–Crippen MR) is 141 cm³/mol. The summed E-state index contributed by atoms with van der Waals surface area (Å²) in [7, 11) is 0. The maximum absolute atomic E-state index is 12.1. The number of amides is 2. The van der Waals surface area contributed by atoms with Crippen molar-refractivity contribution in [1.82, 2.24) is 15.3 Å². The number of rotatable bonds is 9. The quantitative estimate of drug-likeness (QED) is 0.341. The van der Waals surface area contributed by atoms with Crippen molar-refractivity contribution in [3.05, 3.63) is 60.3 Å². The van der Waals surface area contributed by atoms with Crippen molar-refractivity contribution in [2.24, 2.45) is 0 Å². The number of benzene rings is 2. The number of hydrogen-bond acceptors (Lipinski definition) is 8. The van der Waals surface area contributed by atoms with Gasteiger partial charge in [0.1, 0.15) is 17.1 Å². The van der Waals surface area contributed by atoms with Crippen molar-refractivity contribution in [2.75, 3.05) is 11.9 Å². The Morgan fingerprint density at radius 1 is 1.08 bits per heavy atom. The van der Waals surface area contributed by atoms with Gasteiger partial charge < -0.3 is 24.9 Å². The van der Waals surface area contributed by atoms with Gasteiger partial charge in [-0.2, -0.15) is 4.98 Å². The molecule has 0 atom stereocenters. The Morgan fingerprint density at radius 2 is 1.86 bits per heavy atom. The van der Waals surface area contributed by atoms with Gasteiger partial charge in [-0.25, -0.2) is 9.78 Å². The van der Waals surface area contributed by atoms with Gasteiger partial charge in [0, 0.05) is 35.6 Å². The van der Waals surface area contributed by atoms with Gasteiger partial charge in [-0.3, -0.25) is 10.1 Å². The van der Waals surface area contributed by atoms with Crippen molar-refractivity contribution in [1.29, 1.82) is 5.41 Å². The molecule has 2 aromatic carbocycles. The zero-order valence-corrected chi connectivity index (χ0v) is 21.5. The van der Waals surface area contributed by atoms with Crippen LogP contribution >= 0.6 is 0 Å². The molecule has 0 aliphatic heterocycles. The molecule has 10 heteroatoms. The highest BCUT2D eigenvalue weighted by atomic mass is 16.6. The first-order valence-electron chi connectivity index (χ1n) is 11.7. The number of hydrogen-bond donors (Lipinski definition) is 3. The van der Waals surface area contributed by atoms with E-state index in [4.69, 9.17) is 19.6 Å². The minimum absolute atomic E-state index is 0.0334. The van der Waals surface area contributed by atoms with Gasteiger partial charge in [0.05, 0.1) is 5.69 Å². The first-order valence-corrected chi connectivity index (χ1v) is 11.7. The van der Waals surface area contributed by atoms with E-state index >= 15 is 0 Å². The van der Waals surface area contributed by atoms with Crippen molar-refractivity contribution in [2.45, 2.75) is 46.3 Å². The van der Waals surface area contributed by atoms with Gasteiger partial charge >= 0.3 is 6.09 Å². The molecular weight excluding hydrogens is 474 g/mol. The molecule has 194 valence electrons. The SMILES string of the molecule is CC(C)NC(=O)COc1cccc(-c2nccc(Oc3ccc(NC(=O)OC(C)(C)C)c(C=N)c3)n2)c1. The third kappa shape index (κ3) is 8.60. The summed E-state index contributed by atoms with van der Waals surface area (Å²) in [6, 6.07) is 13.6. The minimum Gasteiger partial charge on any atom is -0.484 e. The highest BCUT2D eigenvalue weighted by molar-refractivity contribution is 5.94. The first kappa shape index (κ1) is 27.1. The Kier molecular flexibility index (Phi) is 8.78. The van der Waals surface area contributed by atoms with Crippen LogP contribution in [0.15, 0.2) is 54.7 Å². The average molecular weight is 506 g/mol. The summed E-state index contributed by atoms with van der Waals surface area (Å²) in [5.41, 5.74) is 0.892. The Hall–Kier alpha value is -4.47. The Morgan fingerprint density at radius 3 is 2.57 bits per heavy atom. The maximum atomic E-state index is 12.1. The van der Waals surface area contributed by atoms with E-state index in [1.165, 1.54) is 0 Å². The second-order valence-electron chi connectivity index (χ2n) is 9.38. The van der Waals surface area contributed by atoms with Gasteiger partial charge in [-0.1, -0.05) is 12.1 Å². The molecule has 0 fully saturated rings. The summed E-state index contributed by atoms with van der Waals surface area (Å²) < 4.78 is 16.7. The monoisotopic (exact) mass is 505 g/mol. The predicted octanol–water partition coefficient (Wildman–Crippen LogP) is 5.18. The molecule has 0 saturated heterocycles. The van der Waals surface area contributed by atoms with Crippen LogP contribution < -0.4 is 20.1 Å². The Balaban J connectivity index is 1.71. The van der Waals surface area contributed by atoms with Crippen molar-refractivity contribution >= 4 is 23.9 Å². The largest absolute Gasteiger partial charge is 0.484 e. The lowest BCUT2D eigenvalue weighted by molar-refractivity contribution is -0.123. The van der Waals surface area contributed by atoms with E-state index in [1.54, 1.807) is 69.4 Å². The molecule has 3 rings (SSSR count). The van der Waals surface area contributed by atoms with Crippen LogP contribution in [0.2, 0.25) is 0 Å². The summed E-state index contributed by atoms with van der Waals surface area (Å²) in [6.07, 6.45) is 2.06. The third-order valence-electron chi connectivity index (χ3n) is 4.58. The molecule has 0 bridgehead atoms. The van der Waals surface area contributed by atoms with E-state index in [9.17, 15) is 9.59 Å². The fourth-order valence-electron chi connectivity index (χ4n) is 3.15. The van der Waals surface area contributed by atoms with E-state index < -0.39 is 11.7 Å². The van der Waals surface area contributed by atoms with Crippen molar-refractivity contribution in [3.63, 3.8) is 0 Å². The zero-order chi connectivity index (χ0) is 27.0. The fraction of sp³-hybridized carbons (Fsp3) is 0.296. The number of nitrogens with zero attached hydrogens (tertiary/aromatic N) is 2. The molecule has 0 spiro atoms. The number of nitrogens with one attached hydrogen (secondary N) is 3. The molecule has 2 amide bonds. The molecule has 0 unspecified atom stereocenters. The van der Waals surface area contributed by atoms with E-state index in [2.05, 4.69) is 20.6 Å². The summed E-state index contributed by atoms with van der Waals surface area (Å²) in [4.78, 5) is 32.7. The number of carbonyl (C=O) groups is 2. The van der Waals surface area contributed by atoms with Crippen molar-refractivity contribution in [3.8, 4) is 28.8 Å². The number of ether oxygens (including phenoxy) is 3. The van der Waals surface area contributed by atoms with Crippen LogP contribution in [0.5, 0.6) is 17.4 Å². The molecule has 10 nitrogen and oxygen atoms in total. The topological polar surface area (TPSA) is 136 Å². The summed E-state index contributed by atoms with van der Waals surface area (Å²) in [5.74, 6) is 1.42. The molecule has 3 N–H and O–H groups in total. The summed E-state index contributed by atoms with van der Waals surface area (Å²) in [5, 5.41) is 13.1. The van der Waals surface area contributed by atoms with Gasteiger partial charge in [0.2, 0.25) is 5.88 Å². The second-order valence-corrected chi connectivity index (χ2v) is 9.38. The third-order valence-corrected chi connectivity index (χ3v) is 4.58. The average Bonchev–Trinajstić information content (AvgIpc) is 2.82. The van der Waals surface area contributed by atoms with Gasteiger partial charge in [-0.05, 0) is 65.0 Å². The van der Waals surface area contributed by atoms with Crippen LogP contribution in [0.25, 0.3) is 11.4 Å². The summed E-state index contributed by atoms with van der Waals surface area (Å²) in [6.45, 7) is 8.98. The number of anilines is 1. The molecule has 0 saturated carbocycles. The molecule has 3 aromatic rings. The van der Waals surface area contributed by atoms with Crippen LogP contribution in [0.1, 0.15) is 40.2 Å². The van der Waals surface area contributed by atoms with Gasteiger partial charge in [0.15, 0.2) is 12.4 Å². The molecule has 1 aromatic heterocycles. The van der Waals surface area contributed by atoms with E-state index in [1.807, 2.05) is 19.9 Å². The van der Waals surface area contributed by atoms with E-state index in [0.29, 0.717) is 34.1 Å².